The van der Waals surface area contributed by atoms with E-state index in [4.69, 9.17) is 0 Å². The summed E-state index contributed by atoms with van der Waals surface area (Å²) in [5, 5.41) is 13.4. The van der Waals surface area contributed by atoms with Crippen LogP contribution in [0.2, 0.25) is 0 Å². The number of nitrogens with one attached hydrogen (secondary N) is 1. The maximum Gasteiger partial charge on any atom is 0.309 e. The van der Waals surface area contributed by atoms with Crippen LogP contribution in [0.1, 0.15) is 32.3 Å². The van der Waals surface area contributed by atoms with Crippen LogP contribution in [0.25, 0.3) is 0 Å². The minimum Gasteiger partial charge on any atom is -0.481 e. The number of hydrogen-bond acceptors (Lipinski definition) is 6. The van der Waals surface area contributed by atoms with E-state index in [0.717, 1.165) is 40.9 Å². The smallest absolute Gasteiger partial charge is 0.309 e. The van der Waals surface area contributed by atoms with Crippen molar-refractivity contribution in [3.63, 3.8) is 0 Å². The number of hydrogen-bond donors (Lipinski definition) is 2. The van der Waals surface area contributed by atoms with E-state index in [0.29, 0.717) is 6.42 Å². The van der Waals surface area contributed by atoms with Gasteiger partial charge in [0.2, 0.25) is 0 Å². The molecule has 2 heterocycles. The van der Waals surface area contributed by atoms with Gasteiger partial charge in [0.05, 0.1) is 11.1 Å². The highest BCUT2D eigenvalue weighted by atomic mass is 32.2. The van der Waals surface area contributed by atoms with Gasteiger partial charge < -0.3 is 15.3 Å². The highest BCUT2D eigenvalue weighted by molar-refractivity contribution is 7.99. The fourth-order valence-corrected chi connectivity index (χ4v) is 3.75. The van der Waals surface area contributed by atoms with Gasteiger partial charge in [-0.05, 0) is 58.0 Å². The van der Waals surface area contributed by atoms with Crippen LogP contribution < -0.4 is 5.32 Å². The van der Waals surface area contributed by atoms with E-state index in [1.54, 1.807) is 38.0 Å². The Morgan fingerprint density at radius 1 is 1.31 bits per heavy atom. The lowest BCUT2D eigenvalue weighted by Crippen LogP contribution is -2.26. The third kappa shape index (κ3) is 4.34. The Morgan fingerprint density at radius 2 is 2.08 bits per heavy atom. The molecule has 0 radical (unpaired) electrons. The number of carboxylic acids is 1. The number of benzene rings is 1. The van der Waals surface area contributed by atoms with E-state index in [9.17, 15) is 9.90 Å². The first-order chi connectivity index (χ1) is 12.3. The molecule has 7 heteroatoms. The van der Waals surface area contributed by atoms with Crippen molar-refractivity contribution in [2.24, 2.45) is 5.41 Å². The molecule has 1 aromatic heterocycles. The number of anilines is 2. The van der Waals surface area contributed by atoms with Crippen molar-refractivity contribution in [3.8, 4) is 0 Å². The number of aliphatic carboxylic acids is 1. The third-order valence-electron chi connectivity index (χ3n) is 4.54. The molecule has 0 unspecified atom stereocenters. The summed E-state index contributed by atoms with van der Waals surface area (Å²) in [4.78, 5) is 23.2. The number of nitrogens with zero attached hydrogens (tertiary/aromatic N) is 3. The van der Waals surface area contributed by atoms with Crippen molar-refractivity contribution in [1.29, 1.82) is 0 Å². The standard InChI is InChI=1S/C19H24N4O2S/c1-19(2,18(24)25)7-4-10-23(3)12-13-5-6-15-14(11-13)22-16-17(26-15)21-9-8-20-16/h5-6,8-9,11H,4,7,10,12H2,1-3H3,(H,20,22)(H,24,25). The molecule has 0 atom stereocenters. The second-order valence-electron chi connectivity index (χ2n) is 7.30. The minimum atomic E-state index is -0.734. The lowest BCUT2D eigenvalue weighted by molar-refractivity contribution is -0.147. The number of carbonyl (C=O) groups is 1. The first-order valence-electron chi connectivity index (χ1n) is 8.66. The van der Waals surface area contributed by atoms with Crippen LogP contribution in [0.5, 0.6) is 0 Å². The van der Waals surface area contributed by atoms with Gasteiger partial charge in [-0.1, -0.05) is 17.8 Å². The predicted molar refractivity (Wildman–Crippen MR) is 103 cm³/mol. The molecule has 0 saturated heterocycles. The number of rotatable bonds is 7. The van der Waals surface area contributed by atoms with Gasteiger partial charge in [-0.15, -0.1) is 0 Å². The Kier molecular flexibility index (Phi) is 5.48. The monoisotopic (exact) mass is 372 g/mol. The summed E-state index contributed by atoms with van der Waals surface area (Å²) in [5.74, 6) is 0.0631. The summed E-state index contributed by atoms with van der Waals surface area (Å²) in [7, 11) is 2.07. The Labute approximate surface area is 158 Å². The molecule has 0 aliphatic carbocycles. The molecule has 138 valence electrons. The molecule has 2 aromatic rings. The molecule has 0 bridgehead atoms. The predicted octanol–water partition coefficient (Wildman–Crippen LogP) is 4.01. The molecular formula is C19H24N4O2S. The zero-order valence-electron chi connectivity index (χ0n) is 15.3. The van der Waals surface area contributed by atoms with Crippen LogP contribution >= 0.6 is 11.8 Å². The third-order valence-corrected chi connectivity index (χ3v) is 5.61. The van der Waals surface area contributed by atoms with Crippen LogP contribution in [-0.4, -0.2) is 39.5 Å². The Hall–Kier alpha value is -2.12. The average Bonchev–Trinajstić information content (AvgIpc) is 2.59. The molecule has 1 aromatic carbocycles. The van der Waals surface area contributed by atoms with Crippen LogP contribution in [-0.2, 0) is 11.3 Å². The Balaban J connectivity index is 1.57. The van der Waals surface area contributed by atoms with Crippen LogP contribution in [0.3, 0.4) is 0 Å². The molecule has 3 rings (SSSR count). The number of fused-ring (bicyclic) bond motifs is 2. The van der Waals surface area contributed by atoms with Crippen molar-refractivity contribution in [2.75, 3.05) is 18.9 Å². The SMILES string of the molecule is CN(CCCC(C)(C)C(=O)O)Cc1ccc2c(c1)Nc1nccnc1S2. The fraction of sp³-hybridized carbons (Fsp3) is 0.421. The van der Waals surface area contributed by atoms with Crippen molar-refractivity contribution in [1.82, 2.24) is 14.9 Å². The number of carboxylic acid groups (broad SMARTS) is 1. The fourth-order valence-electron chi connectivity index (χ4n) is 2.87. The molecule has 26 heavy (non-hydrogen) atoms. The maximum atomic E-state index is 11.2. The summed E-state index contributed by atoms with van der Waals surface area (Å²) in [6, 6.07) is 6.39. The first-order valence-corrected chi connectivity index (χ1v) is 9.47. The van der Waals surface area contributed by atoms with E-state index in [1.807, 2.05) is 0 Å². The Bertz CT molecular complexity index is 810. The number of aromatic nitrogens is 2. The molecule has 0 saturated carbocycles. The van der Waals surface area contributed by atoms with Crippen LogP contribution in [0, 0.1) is 5.41 Å². The summed E-state index contributed by atoms with van der Waals surface area (Å²) in [6.45, 7) is 5.25. The topological polar surface area (TPSA) is 78.4 Å². The molecule has 0 spiro atoms. The largest absolute Gasteiger partial charge is 0.481 e. The van der Waals surface area contributed by atoms with Gasteiger partial charge in [0.1, 0.15) is 5.03 Å². The normalized spacial score (nSPS) is 13.1. The van der Waals surface area contributed by atoms with Gasteiger partial charge in [0.15, 0.2) is 5.82 Å². The first kappa shape index (κ1) is 18.7. The molecule has 1 aliphatic rings. The molecule has 6 nitrogen and oxygen atoms in total. The maximum absolute atomic E-state index is 11.2. The van der Waals surface area contributed by atoms with Crippen molar-refractivity contribution in [2.45, 2.75) is 43.2 Å². The zero-order valence-corrected chi connectivity index (χ0v) is 16.1. The van der Waals surface area contributed by atoms with Gasteiger partial charge in [-0.25, -0.2) is 9.97 Å². The molecule has 1 aliphatic heterocycles. The summed E-state index contributed by atoms with van der Waals surface area (Å²) in [6.07, 6.45) is 4.92. The average molecular weight is 372 g/mol. The van der Waals surface area contributed by atoms with E-state index in [-0.39, 0.29) is 0 Å². The lowest BCUT2D eigenvalue weighted by Gasteiger charge is -2.23. The van der Waals surface area contributed by atoms with Crippen molar-refractivity contribution < 1.29 is 9.90 Å². The molecule has 0 amide bonds. The van der Waals surface area contributed by atoms with Gasteiger partial charge >= 0.3 is 5.97 Å². The van der Waals surface area contributed by atoms with Crippen LogP contribution in [0.15, 0.2) is 40.5 Å². The van der Waals surface area contributed by atoms with Crippen molar-refractivity contribution >= 4 is 29.2 Å². The second kappa shape index (κ2) is 7.63. The quantitative estimate of drug-likeness (QED) is 0.649. The summed E-state index contributed by atoms with van der Waals surface area (Å²) < 4.78 is 0. The lowest BCUT2D eigenvalue weighted by atomic mass is 9.88. The molecule has 0 fully saturated rings. The molecular weight excluding hydrogens is 348 g/mol. The van der Waals surface area contributed by atoms with E-state index < -0.39 is 11.4 Å². The van der Waals surface area contributed by atoms with E-state index in [2.05, 4.69) is 45.4 Å². The minimum absolute atomic E-state index is 0.664. The zero-order chi connectivity index (χ0) is 18.7. The summed E-state index contributed by atoms with van der Waals surface area (Å²) >= 11 is 1.62. The second-order valence-corrected chi connectivity index (χ2v) is 8.33. The highest BCUT2D eigenvalue weighted by Crippen LogP contribution is 2.42. The molecule has 2 N–H and O–H groups in total. The van der Waals surface area contributed by atoms with Gasteiger partial charge in [-0.3, -0.25) is 4.79 Å². The van der Waals surface area contributed by atoms with E-state index >= 15 is 0 Å². The van der Waals surface area contributed by atoms with Crippen LogP contribution in [0.4, 0.5) is 11.5 Å². The summed E-state index contributed by atoms with van der Waals surface area (Å²) in [5.41, 5.74) is 1.60. The van der Waals surface area contributed by atoms with Gasteiger partial charge in [-0.2, -0.15) is 0 Å². The van der Waals surface area contributed by atoms with Gasteiger partial charge in [0, 0.05) is 23.8 Å². The highest BCUT2D eigenvalue weighted by Gasteiger charge is 2.26. The van der Waals surface area contributed by atoms with Gasteiger partial charge in [0.25, 0.3) is 0 Å². The van der Waals surface area contributed by atoms with E-state index in [1.165, 1.54) is 5.56 Å². The Morgan fingerprint density at radius 3 is 2.85 bits per heavy atom. The van der Waals surface area contributed by atoms with Crippen molar-refractivity contribution in [3.05, 3.63) is 36.2 Å².